The summed E-state index contributed by atoms with van der Waals surface area (Å²) in [5, 5.41) is 0. The van der Waals surface area contributed by atoms with Crippen molar-refractivity contribution >= 4 is 16.7 Å². The molecular weight excluding hydrogens is 310 g/mol. The molecule has 0 saturated carbocycles. The van der Waals surface area contributed by atoms with Crippen LogP contribution in [0.15, 0.2) is 73.4 Å². The quantitative estimate of drug-likeness (QED) is 0.436. The van der Waals surface area contributed by atoms with Crippen molar-refractivity contribution in [2.24, 2.45) is 0 Å². The van der Waals surface area contributed by atoms with Gasteiger partial charge in [0.25, 0.3) is 12.0 Å². The zero-order valence-corrected chi connectivity index (χ0v) is 13.4. The van der Waals surface area contributed by atoms with Crippen LogP contribution in [0.25, 0.3) is 33.6 Å². The van der Waals surface area contributed by atoms with Crippen LogP contribution in [0.1, 0.15) is 5.69 Å². The summed E-state index contributed by atoms with van der Waals surface area (Å²) in [6, 6.07) is 16.7. The van der Waals surface area contributed by atoms with Crippen LogP contribution < -0.4 is 4.57 Å². The maximum absolute atomic E-state index is 4.56. The molecule has 0 spiro atoms. The number of imidazole rings is 2. The van der Waals surface area contributed by atoms with E-state index in [9.17, 15) is 0 Å². The number of pyridine rings is 2. The first kappa shape index (κ1) is 12.9. The highest BCUT2D eigenvalue weighted by molar-refractivity contribution is 5.89. The first-order valence-electron chi connectivity index (χ1n) is 8.30. The Hall–Kier alpha value is -3.47. The number of para-hydroxylation sites is 1. The van der Waals surface area contributed by atoms with Crippen LogP contribution in [0.5, 0.6) is 0 Å². The monoisotopic (exact) mass is 324 g/mol. The molecule has 4 aromatic heterocycles. The van der Waals surface area contributed by atoms with Gasteiger partial charge in [0.2, 0.25) is 5.69 Å². The Bertz CT molecular complexity index is 1260. The van der Waals surface area contributed by atoms with Crippen molar-refractivity contribution in [1.29, 1.82) is 0 Å². The summed E-state index contributed by atoms with van der Waals surface area (Å²) < 4.78 is 6.83. The zero-order valence-electron chi connectivity index (χ0n) is 13.4. The molecule has 118 valence electrons. The predicted octanol–water partition coefficient (Wildman–Crippen LogP) is 2.99. The van der Waals surface area contributed by atoms with E-state index in [1.807, 2.05) is 30.7 Å². The van der Waals surface area contributed by atoms with Gasteiger partial charge in [0.1, 0.15) is 12.1 Å². The highest BCUT2D eigenvalue weighted by Crippen LogP contribution is 2.34. The summed E-state index contributed by atoms with van der Waals surface area (Å²) in [7, 11) is 0. The molecule has 0 aliphatic carbocycles. The van der Waals surface area contributed by atoms with Crippen LogP contribution in [0, 0.1) is 0 Å². The molecule has 0 bridgehead atoms. The van der Waals surface area contributed by atoms with Gasteiger partial charge >= 0.3 is 0 Å². The van der Waals surface area contributed by atoms with Crippen molar-refractivity contribution in [2.45, 2.75) is 6.54 Å². The Labute approximate surface area is 143 Å². The zero-order chi connectivity index (χ0) is 16.4. The molecule has 0 radical (unpaired) electrons. The van der Waals surface area contributed by atoms with Gasteiger partial charge in [-0.2, -0.15) is 4.40 Å². The van der Waals surface area contributed by atoms with E-state index in [1.165, 1.54) is 11.3 Å². The second-order valence-corrected chi connectivity index (χ2v) is 6.32. The fourth-order valence-electron chi connectivity index (χ4n) is 3.93. The molecule has 0 fully saturated rings. The highest BCUT2D eigenvalue weighted by atomic mass is 15.2. The average molecular weight is 324 g/mol. The average Bonchev–Trinajstić information content (AvgIpc) is 3.29. The van der Waals surface area contributed by atoms with Gasteiger partial charge in [-0.25, -0.2) is 4.57 Å². The van der Waals surface area contributed by atoms with E-state index in [0.717, 1.165) is 34.6 Å². The Morgan fingerprint density at radius 3 is 2.76 bits per heavy atom. The third-order valence-electron chi connectivity index (χ3n) is 4.95. The standard InChI is InChI=1S/C20H14N5/c1-2-5-14(6-3-1)25-18-11-21-10-8-17(18)24-13-23-12-16-15(7-4-9-22-16)19(23)20(24)25/h1-11,13H,12H2/q+1. The summed E-state index contributed by atoms with van der Waals surface area (Å²) in [4.78, 5) is 8.92. The van der Waals surface area contributed by atoms with E-state index in [2.05, 4.69) is 66.2 Å². The third kappa shape index (κ3) is 1.59. The molecule has 5 nitrogen and oxygen atoms in total. The molecule has 1 aliphatic rings. The molecule has 5 aromatic rings. The second-order valence-electron chi connectivity index (χ2n) is 6.32. The summed E-state index contributed by atoms with van der Waals surface area (Å²) in [6.07, 6.45) is 7.83. The van der Waals surface area contributed by atoms with Crippen molar-refractivity contribution in [3.63, 3.8) is 0 Å². The minimum Gasteiger partial charge on any atom is -0.268 e. The van der Waals surface area contributed by atoms with Crippen molar-refractivity contribution < 1.29 is 4.57 Å². The number of nitrogens with zero attached hydrogens (tertiary/aromatic N) is 5. The molecule has 5 heteroatoms. The lowest BCUT2D eigenvalue weighted by atomic mass is 10.2. The number of aromatic nitrogens is 5. The summed E-state index contributed by atoms with van der Waals surface area (Å²) in [5.41, 5.74) is 8.09. The molecule has 0 N–H and O–H groups in total. The van der Waals surface area contributed by atoms with Crippen LogP contribution in [0.4, 0.5) is 0 Å². The Morgan fingerprint density at radius 1 is 0.920 bits per heavy atom. The highest BCUT2D eigenvalue weighted by Gasteiger charge is 2.34. The van der Waals surface area contributed by atoms with Crippen LogP contribution in [0.3, 0.4) is 0 Å². The minimum atomic E-state index is 0.814. The maximum atomic E-state index is 4.56. The SMILES string of the molecule is c1ccc(-n2c3cnccc3n3c[n+]4c(c23)-c2cccnc2C4)cc1. The van der Waals surface area contributed by atoms with Gasteiger partial charge in [0.15, 0.2) is 5.52 Å². The first-order chi connectivity index (χ1) is 12.4. The molecule has 1 aromatic carbocycles. The molecule has 0 saturated heterocycles. The fourth-order valence-corrected chi connectivity index (χ4v) is 3.93. The van der Waals surface area contributed by atoms with Gasteiger partial charge in [-0.15, -0.1) is 0 Å². The van der Waals surface area contributed by atoms with E-state index in [0.29, 0.717) is 0 Å². The summed E-state index contributed by atoms with van der Waals surface area (Å²) in [6.45, 7) is 0.814. The van der Waals surface area contributed by atoms with Crippen molar-refractivity contribution in [3.8, 4) is 16.9 Å². The van der Waals surface area contributed by atoms with Gasteiger partial charge in [-0.3, -0.25) is 14.5 Å². The third-order valence-corrected chi connectivity index (χ3v) is 4.95. The Kier molecular flexibility index (Phi) is 2.34. The normalized spacial score (nSPS) is 12.6. The van der Waals surface area contributed by atoms with Crippen molar-refractivity contribution in [2.75, 3.05) is 0 Å². The molecule has 0 atom stereocenters. The molecule has 0 unspecified atom stereocenters. The molecule has 25 heavy (non-hydrogen) atoms. The molecule has 6 rings (SSSR count). The number of hydrogen-bond acceptors (Lipinski definition) is 2. The molecule has 0 amide bonds. The second kappa shape index (κ2) is 4.54. The number of fused-ring (bicyclic) bond motifs is 7. The minimum absolute atomic E-state index is 0.814. The lowest BCUT2D eigenvalue weighted by Gasteiger charge is -2.04. The Morgan fingerprint density at radius 2 is 1.84 bits per heavy atom. The summed E-state index contributed by atoms with van der Waals surface area (Å²) >= 11 is 0. The lowest BCUT2D eigenvalue weighted by molar-refractivity contribution is -0.671. The van der Waals surface area contributed by atoms with Crippen LogP contribution in [0.2, 0.25) is 0 Å². The smallest absolute Gasteiger partial charge is 0.260 e. The Balaban J connectivity index is 1.84. The van der Waals surface area contributed by atoms with Crippen molar-refractivity contribution in [3.05, 3.63) is 79.1 Å². The number of hydrogen-bond donors (Lipinski definition) is 0. The van der Waals surface area contributed by atoms with E-state index in [4.69, 9.17) is 0 Å². The number of benzene rings is 1. The number of rotatable bonds is 1. The van der Waals surface area contributed by atoms with Gasteiger partial charge in [-0.05, 0) is 24.3 Å². The molecular formula is C20H14N5+. The van der Waals surface area contributed by atoms with E-state index >= 15 is 0 Å². The van der Waals surface area contributed by atoms with Crippen LogP contribution >= 0.6 is 0 Å². The molecule has 1 aliphatic heterocycles. The largest absolute Gasteiger partial charge is 0.268 e. The molecule has 5 heterocycles. The fraction of sp³-hybridized carbons (Fsp3) is 0.0500. The van der Waals surface area contributed by atoms with Crippen LogP contribution in [-0.4, -0.2) is 18.9 Å². The van der Waals surface area contributed by atoms with E-state index < -0.39 is 0 Å². The van der Waals surface area contributed by atoms with E-state index in [-0.39, 0.29) is 0 Å². The lowest BCUT2D eigenvalue weighted by Crippen LogP contribution is -2.29. The van der Waals surface area contributed by atoms with Gasteiger partial charge < -0.3 is 0 Å². The predicted molar refractivity (Wildman–Crippen MR) is 94.6 cm³/mol. The maximum Gasteiger partial charge on any atom is 0.260 e. The van der Waals surface area contributed by atoms with E-state index in [1.54, 1.807) is 0 Å². The first-order valence-corrected chi connectivity index (χ1v) is 8.30. The van der Waals surface area contributed by atoms with Crippen molar-refractivity contribution in [1.82, 2.24) is 18.9 Å². The van der Waals surface area contributed by atoms with Gasteiger partial charge in [0.05, 0.1) is 17.5 Å². The van der Waals surface area contributed by atoms with Gasteiger partial charge in [-0.1, -0.05) is 18.2 Å². The van der Waals surface area contributed by atoms with Crippen LogP contribution in [-0.2, 0) is 6.54 Å². The van der Waals surface area contributed by atoms with Gasteiger partial charge in [0, 0.05) is 24.1 Å². The topological polar surface area (TPSA) is 39.0 Å². The summed E-state index contributed by atoms with van der Waals surface area (Å²) in [5.74, 6) is 0.